The Morgan fingerprint density at radius 2 is 1.96 bits per heavy atom. The minimum absolute atomic E-state index is 0.0446. The first-order chi connectivity index (χ1) is 11.5. The van der Waals surface area contributed by atoms with E-state index in [1.165, 1.54) is 6.92 Å². The van der Waals surface area contributed by atoms with E-state index in [9.17, 15) is 22.4 Å². The van der Waals surface area contributed by atoms with E-state index in [0.717, 1.165) is 23.1 Å². The van der Waals surface area contributed by atoms with E-state index in [1.54, 1.807) is 19.9 Å². The third-order valence-corrected chi connectivity index (χ3v) is 3.82. The van der Waals surface area contributed by atoms with Gasteiger partial charge < -0.3 is 5.73 Å². The van der Waals surface area contributed by atoms with Crippen LogP contribution in [-0.2, 0) is 4.79 Å². The summed E-state index contributed by atoms with van der Waals surface area (Å²) in [5.41, 5.74) is 5.12. The number of nitriles is 1. The van der Waals surface area contributed by atoms with Crippen molar-refractivity contribution in [2.45, 2.75) is 45.5 Å². The number of rotatable bonds is 7. The van der Waals surface area contributed by atoms with Gasteiger partial charge in [-0.2, -0.15) is 18.4 Å². The number of amides is 1. The lowest BCUT2D eigenvalue weighted by atomic mass is 9.96. The zero-order valence-corrected chi connectivity index (χ0v) is 14.3. The lowest BCUT2D eigenvalue weighted by Gasteiger charge is -2.37. The summed E-state index contributed by atoms with van der Waals surface area (Å²) in [6.07, 6.45) is -4.70. The highest BCUT2D eigenvalue weighted by atomic mass is 19.4. The Hall–Kier alpha value is -2.14. The maximum Gasteiger partial charge on any atom is 0.408 e. The quantitative estimate of drug-likeness (QED) is 0.599. The van der Waals surface area contributed by atoms with Gasteiger partial charge in [0, 0.05) is 0 Å². The molecule has 0 saturated carbocycles. The van der Waals surface area contributed by atoms with Crippen LogP contribution in [0, 0.1) is 30.0 Å². The highest BCUT2D eigenvalue weighted by molar-refractivity contribution is 5.80. The van der Waals surface area contributed by atoms with Crippen LogP contribution >= 0.6 is 0 Å². The number of carbonyl (C=O) groups is 1. The Morgan fingerprint density at radius 3 is 2.36 bits per heavy atom. The number of nitrogens with two attached hydrogens (primary N) is 1. The fraction of sp³-hybridized carbons (Fsp3) is 0.529. The molecule has 0 radical (unpaired) electrons. The van der Waals surface area contributed by atoms with E-state index in [-0.39, 0.29) is 23.5 Å². The van der Waals surface area contributed by atoms with Crippen LogP contribution in [0.4, 0.5) is 17.6 Å². The van der Waals surface area contributed by atoms with E-state index in [0.29, 0.717) is 0 Å². The number of nitrogens with zero attached hydrogens (tertiary/aromatic N) is 2. The Morgan fingerprint density at radius 1 is 1.36 bits per heavy atom. The second-order valence-electron chi connectivity index (χ2n) is 6.33. The second-order valence-corrected chi connectivity index (χ2v) is 6.33. The van der Waals surface area contributed by atoms with Crippen LogP contribution in [0.5, 0.6) is 0 Å². The molecule has 2 N–H and O–H groups in total. The van der Waals surface area contributed by atoms with Crippen molar-refractivity contribution in [2.75, 3.05) is 6.54 Å². The first-order valence-electron chi connectivity index (χ1n) is 7.73. The smallest absolute Gasteiger partial charge is 0.368 e. The number of carbonyl (C=O) groups excluding carboxylic acids is 1. The molecule has 1 rings (SSSR count). The zero-order valence-electron chi connectivity index (χ0n) is 14.3. The van der Waals surface area contributed by atoms with Gasteiger partial charge in [0.15, 0.2) is 0 Å². The average Bonchev–Trinajstić information content (AvgIpc) is 2.46. The summed E-state index contributed by atoms with van der Waals surface area (Å²) < 4.78 is 54.8. The lowest BCUT2D eigenvalue weighted by molar-refractivity contribution is -0.192. The van der Waals surface area contributed by atoms with Gasteiger partial charge >= 0.3 is 6.18 Å². The molecule has 0 spiro atoms. The van der Waals surface area contributed by atoms with Crippen molar-refractivity contribution in [1.82, 2.24) is 4.90 Å². The number of aryl methyl sites for hydroxylation is 1. The lowest BCUT2D eigenvalue weighted by Crippen LogP contribution is -2.51. The third kappa shape index (κ3) is 5.43. The Labute approximate surface area is 144 Å². The second kappa shape index (κ2) is 8.30. The van der Waals surface area contributed by atoms with Crippen LogP contribution in [0.1, 0.15) is 37.4 Å². The predicted molar refractivity (Wildman–Crippen MR) is 84.7 cm³/mol. The van der Waals surface area contributed by atoms with Gasteiger partial charge in [0.25, 0.3) is 0 Å². The van der Waals surface area contributed by atoms with Crippen LogP contribution in [0.2, 0.25) is 0 Å². The molecular weight excluding hydrogens is 338 g/mol. The number of hydrogen-bond acceptors (Lipinski definition) is 3. The molecule has 0 heterocycles. The summed E-state index contributed by atoms with van der Waals surface area (Å²) in [5, 5.41) is 8.99. The fourth-order valence-electron chi connectivity index (χ4n) is 2.73. The molecule has 0 aliphatic heterocycles. The molecule has 8 heteroatoms. The summed E-state index contributed by atoms with van der Waals surface area (Å²) in [4.78, 5) is 12.5. The summed E-state index contributed by atoms with van der Waals surface area (Å²) in [6, 6.07) is 1.20. The van der Waals surface area contributed by atoms with Crippen LogP contribution in [0.25, 0.3) is 0 Å². The van der Waals surface area contributed by atoms with Gasteiger partial charge in [-0.15, -0.1) is 0 Å². The number of alkyl halides is 3. The molecule has 2 atom stereocenters. The molecule has 0 bridgehead atoms. The highest BCUT2D eigenvalue weighted by Gasteiger charge is 2.48. The number of hydrogen-bond donors (Lipinski definition) is 1. The molecule has 1 aromatic carbocycles. The molecule has 1 unspecified atom stereocenters. The molecule has 0 aromatic heterocycles. The maximum atomic E-state index is 13.8. The topological polar surface area (TPSA) is 70.1 Å². The van der Waals surface area contributed by atoms with Crippen molar-refractivity contribution in [3.63, 3.8) is 0 Å². The van der Waals surface area contributed by atoms with Crippen LogP contribution in [0.15, 0.2) is 18.2 Å². The Balaban J connectivity index is 3.47. The van der Waals surface area contributed by atoms with Crippen molar-refractivity contribution in [1.29, 1.82) is 5.26 Å². The minimum Gasteiger partial charge on any atom is -0.368 e. The number of halogens is 4. The maximum absolute atomic E-state index is 13.8. The Bertz CT molecular complexity index is 652. The van der Waals surface area contributed by atoms with E-state index < -0.39 is 36.5 Å². The first-order valence-corrected chi connectivity index (χ1v) is 7.73. The summed E-state index contributed by atoms with van der Waals surface area (Å²) in [5.74, 6) is -1.68. The molecule has 138 valence electrons. The highest BCUT2D eigenvalue weighted by Crippen LogP contribution is 2.40. The molecular formula is C17H21F4N3O. The van der Waals surface area contributed by atoms with E-state index in [1.807, 2.05) is 0 Å². The van der Waals surface area contributed by atoms with Crippen LogP contribution in [0.3, 0.4) is 0 Å². The standard InChI is InChI=1S/C17H21F4N3O/c1-10(2)8-14(16(23)25)24(7-6-22)15(17(19,20)21)12-4-5-13(18)11(3)9-12/h4-5,9-10,14-15H,7-8H2,1-3H3,(H2,23,25)/t14-,15?/m0/s1. The summed E-state index contributed by atoms with van der Waals surface area (Å²) in [6.45, 7) is 4.19. The van der Waals surface area contributed by atoms with E-state index in [2.05, 4.69) is 0 Å². The van der Waals surface area contributed by atoms with Gasteiger partial charge in [-0.25, -0.2) is 4.39 Å². The van der Waals surface area contributed by atoms with E-state index in [4.69, 9.17) is 11.0 Å². The molecule has 0 aliphatic carbocycles. The van der Waals surface area contributed by atoms with Crippen molar-refractivity contribution in [3.8, 4) is 6.07 Å². The van der Waals surface area contributed by atoms with Crippen molar-refractivity contribution in [3.05, 3.63) is 35.1 Å². The van der Waals surface area contributed by atoms with Gasteiger partial charge in [0.05, 0.1) is 18.7 Å². The molecule has 1 aromatic rings. The third-order valence-electron chi connectivity index (χ3n) is 3.82. The first kappa shape index (κ1) is 20.9. The Kier molecular flexibility index (Phi) is 6.94. The molecule has 0 fully saturated rings. The van der Waals surface area contributed by atoms with Crippen molar-refractivity contribution < 1.29 is 22.4 Å². The molecule has 1 amide bonds. The van der Waals surface area contributed by atoms with Crippen molar-refractivity contribution in [2.24, 2.45) is 11.7 Å². The normalized spacial score (nSPS) is 14.4. The van der Waals surface area contributed by atoms with Crippen LogP contribution < -0.4 is 5.73 Å². The zero-order chi connectivity index (χ0) is 19.4. The molecule has 4 nitrogen and oxygen atoms in total. The molecule has 25 heavy (non-hydrogen) atoms. The number of primary amides is 1. The van der Waals surface area contributed by atoms with Gasteiger partial charge in [-0.1, -0.05) is 26.0 Å². The number of benzene rings is 1. The van der Waals surface area contributed by atoms with Gasteiger partial charge in [-0.3, -0.25) is 9.69 Å². The summed E-state index contributed by atoms with van der Waals surface area (Å²) >= 11 is 0. The van der Waals surface area contributed by atoms with Crippen LogP contribution in [-0.4, -0.2) is 29.6 Å². The van der Waals surface area contributed by atoms with Gasteiger partial charge in [-0.05, 0) is 36.5 Å². The molecule has 0 aliphatic rings. The minimum atomic E-state index is -4.77. The average molecular weight is 359 g/mol. The van der Waals surface area contributed by atoms with Gasteiger partial charge in [0.1, 0.15) is 11.9 Å². The summed E-state index contributed by atoms with van der Waals surface area (Å²) in [7, 11) is 0. The largest absolute Gasteiger partial charge is 0.408 e. The SMILES string of the molecule is Cc1cc(C(N(CC#N)[C@@H](CC(C)C)C(N)=O)C(F)(F)F)ccc1F. The van der Waals surface area contributed by atoms with Crippen molar-refractivity contribution >= 4 is 5.91 Å². The van der Waals surface area contributed by atoms with Gasteiger partial charge in [0.2, 0.25) is 5.91 Å². The van der Waals surface area contributed by atoms with E-state index >= 15 is 0 Å². The monoisotopic (exact) mass is 359 g/mol. The predicted octanol–water partition coefficient (Wildman–Crippen LogP) is 3.46. The fourth-order valence-corrected chi connectivity index (χ4v) is 2.73. The molecule has 0 saturated heterocycles.